The average Bonchev–Trinajstić information content (AvgIpc) is 2.26. The summed E-state index contributed by atoms with van der Waals surface area (Å²) in [5, 5.41) is 8.73. The van der Waals surface area contributed by atoms with E-state index in [0.717, 1.165) is 0 Å². The molecular weight excluding hydrogens is 186 g/mol. The highest BCUT2D eigenvalue weighted by atomic mass is 16.6. The van der Waals surface area contributed by atoms with Crippen molar-refractivity contribution in [1.82, 2.24) is 4.90 Å². The first-order valence-electron chi connectivity index (χ1n) is 4.64. The quantitative estimate of drug-likeness (QED) is 0.679. The first-order chi connectivity index (χ1) is 6.79. The summed E-state index contributed by atoms with van der Waals surface area (Å²) in [6.07, 6.45) is 1.33. The molecule has 14 heavy (non-hydrogen) atoms. The Bertz CT molecular complexity index is 227. The van der Waals surface area contributed by atoms with E-state index in [9.17, 15) is 4.79 Å². The highest BCUT2D eigenvalue weighted by Crippen LogP contribution is 2.08. The third-order valence-corrected chi connectivity index (χ3v) is 1.90. The van der Waals surface area contributed by atoms with Gasteiger partial charge < -0.3 is 19.5 Å². The molecule has 1 rings (SSSR count). The van der Waals surface area contributed by atoms with Gasteiger partial charge in [0.2, 0.25) is 5.76 Å². The van der Waals surface area contributed by atoms with Gasteiger partial charge >= 0.3 is 0 Å². The molecule has 0 spiro atoms. The van der Waals surface area contributed by atoms with Gasteiger partial charge in [-0.05, 0) is 6.92 Å². The molecule has 0 unspecified atom stereocenters. The van der Waals surface area contributed by atoms with Crippen LogP contribution in [0.2, 0.25) is 0 Å². The molecule has 0 aromatic rings. The van der Waals surface area contributed by atoms with E-state index >= 15 is 0 Å². The van der Waals surface area contributed by atoms with Crippen molar-refractivity contribution >= 4 is 5.91 Å². The molecule has 1 aliphatic heterocycles. The van der Waals surface area contributed by atoms with Crippen LogP contribution in [0.1, 0.15) is 6.92 Å². The van der Waals surface area contributed by atoms with Crippen molar-refractivity contribution in [2.75, 3.05) is 32.9 Å². The van der Waals surface area contributed by atoms with E-state index < -0.39 is 0 Å². The van der Waals surface area contributed by atoms with Gasteiger partial charge in [-0.3, -0.25) is 4.79 Å². The number of hydrogen-bond donors (Lipinski definition) is 1. The molecule has 0 fully saturated rings. The molecule has 0 saturated carbocycles. The van der Waals surface area contributed by atoms with Crippen molar-refractivity contribution in [3.8, 4) is 0 Å². The van der Waals surface area contributed by atoms with E-state index in [4.69, 9.17) is 14.6 Å². The Morgan fingerprint density at radius 2 is 2.43 bits per heavy atom. The third kappa shape index (κ3) is 2.63. The van der Waals surface area contributed by atoms with Gasteiger partial charge in [-0.15, -0.1) is 0 Å². The Hall–Kier alpha value is -1.23. The zero-order chi connectivity index (χ0) is 10.4. The molecule has 5 heteroatoms. The standard InChI is InChI=1S/C9H15NO4/c1-2-10(3-4-11)9(12)8-7-13-5-6-14-8/h7,11H,2-6H2,1H3. The predicted molar refractivity (Wildman–Crippen MR) is 49.3 cm³/mol. The number of carbonyl (C=O) groups is 1. The number of carbonyl (C=O) groups excluding carboxylic acids is 1. The molecule has 0 saturated heterocycles. The molecule has 0 aliphatic carbocycles. The van der Waals surface area contributed by atoms with Crippen molar-refractivity contribution in [1.29, 1.82) is 0 Å². The van der Waals surface area contributed by atoms with Crippen molar-refractivity contribution in [2.45, 2.75) is 6.92 Å². The van der Waals surface area contributed by atoms with Crippen LogP contribution in [0.25, 0.3) is 0 Å². The summed E-state index contributed by atoms with van der Waals surface area (Å²) in [6, 6.07) is 0. The van der Waals surface area contributed by atoms with Crippen molar-refractivity contribution in [3.63, 3.8) is 0 Å². The van der Waals surface area contributed by atoms with Gasteiger partial charge in [0.15, 0.2) is 0 Å². The topological polar surface area (TPSA) is 59.0 Å². The molecular formula is C9H15NO4. The van der Waals surface area contributed by atoms with Crippen molar-refractivity contribution < 1.29 is 19.4 Å². The second kappa shape index (κ2) is 5.49. The van der Waals surface area contributed by atoms with Gasteiger partial charge in [-0.25, -0.2) is 0 Å². The Kier molecular flexibility index (Phi) is 4.25. The van der Waals surface area contributed by atoms with Crippen LogP contribution >= 0.6 is 0 Å². The minimum atomic E-state index is -0.235. The van der Waals surface area contributed by atoms with Crippen LogP contribution in [0.15, 0.2) is 12.0 Å². The maximum atomic E-state index is 11.7. The van der Waals surface area contributed by atoms with E-state index in [1.165, 1.54) is 11.2 Å². The number of nitrogens with zero attached hydrogens (tertiary/aromatic N) is 1. The zero-order valence-corrected chi connectivity index (χ0v) is 8.23. The molecule has 0 atom stereocenters. The molecule has 0 aromatic carbocycles. The predicted octanol–water partition coefficient (Wildman–Crippen LogP) is -0.285. The molecule has 1 heterocycles. The second-order valence-electron chi connectivity index (χ2n) is 2.81. The highest BCUT2D eigenvalue weighted by molar-refractivity contribution is 5.91. The lowest BCUT2D eigenvalue weighted by Crippen LogP contribution is -2.36. The summed E-state index contributed by atoms with van der Waals surface area (Å²) in [6.45, 7) is 3.53. The number of ether oxygens (including phenoxy) is 2. The number of amides is 1. The number of hydrogen-bond acceptors (Lipinski definition) is 4. The van der Waals surface area contributed by atoms with Crippen molar-refractivity contribution in [2.24, 2.45) is 0 Å². The minimum Gasteiger partial charge on any atom is -0.494 e. The number of likely N-dealkylation sites (N-methyl/N-ethyl adjacent to an activating group) is 1. The summed E-state index contributed by atoms with van der Waals surface area (Å²) in [5.41, 5.74) is 0. The van der Waals surface area contributed by atoms with Crippen LogP contribution in [0.5, 0.6) is 0 Å². The SMILES string of the molecule is CCN(CCO)C(=O)C1=COCCO1. The van der Waals surface area contributed by atoms with E-state index in [2.05, 4.69) is 0 Å². The van der Waals surface area contributed by atoms with Crippen LogP contribution in [0.4, 0.5) is 0 Å². The number of rotatable bonds is 4. The summed E-state index contributed by atoms with van der Waals surface area (Å²) in [5.74, 6) is -0.0206. The Morgan fingerprint density at radius 1 is 1.64 bits per heavy atom. The third-order valence-electron chi connectivity index (χ3n) is 1.90. The maximum Gasteiger partial charge on any atom is 0.292 e. The van der Waals surface area contributed by atoms with Crippen LogP contribution in [-0.2, 0) is 14.3 Å². The maximum absolute atomic E-state index is 11.7. The molecule has 5 nitrogen and oxygen atoms in total. The molecule has 0 aromatic heterocycles. The summed E-state index contributed by atoms with van der Waals surface area (Å²) in [7, 11) is 0. The Balaban J connectivity index is 2.56. The molecule has 1 amide bonds. The zero-order valence-electron chi connectivity index (χ0n) is 8.23. The van der Waals surface area contributed by atoms with Crippen LogP contribution in [0, 0.1) is 0 Å². The second-order valence-corrected chi connectivity index (χ2v) is 2.81. The molecule has 80 valence electrons. The van der Waals surface area contributed by atoms with Gasteiger partial charge in [0.25, 0.3) is 5.91 Å². The molecule has 1 N–H and O–H groups in total. The van der Waals surface area contributed by atoms with Gasteiger partial charge in [0.1, 0.15) is 19.5 Å². The van der Waals surface area contributed by atoms with E-state index in [0.29, 0.717) is 26.3 Å². The van der Waals surface area contributed by atoms with E-state index in [-0.39, 0.29) is 18.3 Å². The molecule has 0 radical (unpaired) electrons. The highest BCUT2D eigenvalue weighted by Gasteiger charge is 2.20. The normalized spacial score (nSPS) is 15.1. The molecule has 0 bridgehead atoms. The largest absolute Gasteiger partial charge is 0.494 e. The minimum absolute atomic E-state index is 0.0479. The lowest BCUT2D eigenvalue weighted by Gasteiger charge is -2.22. The van der Waals surface area contributed by atoms with Gasteiger partial charge in [-0.1, -0.05) is 0 Å². The first-order valence-corrected chi connectivity index (χ1v) is 4.64. The number of aliphatic hydroxyl groups is 1. The summed E-state index contributed by atoms with van der Waals surface area (Å²) >= 11 is 0. The molecule has 1 aliphatic rings. The smallest absolute Gasteiger partial charge is 0.292 e. The summed E-state index contributed by atoms with van der Waals surface area (Å²) in [4.78, 5) is 13.2. The first kappa shape index (κ1) is 10.8. The fourth-order valence-corrected chi connectivity index (χ4v) is 1.16. The van der Waals surface area contributed by atoms with Gasteiger partial charge in [0.05, 0.1) is 6.61 Å². The van der Waals surface area contributed by atoms with Crippen molar-refractivity contribution in [3.05, 3.63) is 12.0 Å². The lowest BCUT2D eigenvalue weighted by atomic mass is 10.4. The Morgan fingerprint density at radius 3 is 2.93 bits per heavy atom. The van der Waals surface area contributed by atoms with Crippen LogP contribution < -0.4 is 0 Å². The average molecular weight is 201 g/mol. The van der Waals surface area contributed by atoms with E-state index in [1.54, 1.807) is 0 Å². The van der Waals surface area contributed by atoms with E-state index in [1.807, 2.05) is 6.92 Å². The fraction of sp³-hybridized carbons (Fsp3) is 0.667. The Labute approximate surface area is 82.9 Å². The lowest BCUT2D eigenvalue weighted by molar-refractivity contribution is -0.132. The number of aliphatic hydroxyl groups excluding tert-OH is 1. The monoisotopic (exact) mass is 201 g/mol. The van der Waals surface area contributed by atoms with Crippen LogP contribution in [-0.4, -0.2) is 48.8 Å². The van der Waals surface area contributed by atoms with Crippen LogP contribution in [0.3, 0.4) is 0 Å². The summed E-state index contributed by atoms with van der Waals surface area (Å²) < 4.78 is 10.1. The van der Waals surface area contributed by atoms with Gasteiger partial charge in [0, 0.05) is 13.1 Å². The van der Waals surface area contributed by atoms with Gasteiger partial charge in [-0.2, -0.15) is 0 Å². The fourth-order valence-electron chi connectivity index (χ4n) is 1.16.